The van der Waals surface area contributed by atoms with Gasteiger partial charge in [0.05, 0.1) is 40.3 Å². The molecule has 1 aromatic heterocycles. The minimum absolute atomic E-state index is 0.210. The van der Waals surface area contributed by atoms with E-state index in [1.54, 1.807) is 18.2 Å². The first-order valence-corrected chi connectivity index (χ1v) is 12.9. The SMILES string of the molecule is CC1(C)c2ccccc2N(c2ccc3oc4ccccc4c3c2-c2c(C#N)cccc2C#N)c2ccccc21. The molecule has 0 saturated heterocycles. The summed E-state index contributed by atoms with van der Waals surface area (Å²) in [6.07, 6.45) is 0. The summed E-state index contributed by atoms with van der Waals surface area (Å²) in [7, 11) is 0. The molecule has 0 saturated carbocycles. The van der Waals surface area contributed by atoms with Crippen LogP contribution in [0, 0.1) is 22.7 Å². The second-order valence-electron chi connectivity index (χ2n) is 10.4. The number of benzene rings is 5. The van der Waals surface area contributed by atoms with E-state index in [1.807, 2.05) is 30.3 Å². The Morgan fingerprint density at radius 2 is 1.18 bits per heavy atom. The molecule has 0 unspecified atom stereocenters. The van der Waals surface area contributed by atoms with E-state index in [4.69, 9.17) is 4.42 Å². The molecule has 39 heavy (non-hydrogen) atoms. The van der Waals surface area contributed by atoms with Gasteiger partial charge in [-0.05, 0) is 53.6 Å². The van der Waals surface area contributed by atoms with Gasteiger partial charge in [0.15, 0.2) is 0 Å². The Morgan fingerprint density at radius 3 is 1.82 bits per heavy atom. The third-order valence-electron chi connectivity index (χ3n) is 7.95. The molecule has 0 N–H and O–H groups in total. The van der Waals surface area contributed by atoms with Crippen molar-refractivity contribution >= 4 is 39.0 Å². The van der Waals surface area contributed by atoms with E-state index in [0.717, 1.165) is 39.0 Å². The van der Waals surface area contributed by atoms with Crippen molar-refractivity contribution in [3.05, 3.63) is 125 Å². The van der Waals surface area contributed by atoms with Gasteiger partial charge in [0.1, 0.15) is 11.2 Å². The largest absolute Gasteiger partial charge is 0.456 e. The summed E-state index contributed by atoms with van der Waals surface area (Å²) in [4.78, 5) is 2.28. The third kappa shape index (κ3) is 3.16. The third-order valence-corrected chi connectivity index (χ3v) is 7.95. The van der Waals surface area contributed by atoms with Crippen molar-refractivity contribution < 1.29 is 4.42 Å². The fourth-order valence-electron chi connectivity index (χ4n) is 6.18. The molecule has 0 aliphatic carbocycles. The van der Waals surface area contributed by atoms with E-state index in [2.05, 4.69) is 85.5 Å². The van der Waals surface area contributed by atoms with Gasteiger partial charge in [-0.2, -0.15) is 10.5 Å². The Bertz CT molecular complexity index is 1950. The van der Waals surface area contributed by atoms with Crippen LogP contribution >= 0.6 is 0 Å². The molecule has 4 heteroatoms. The lowest BCUT2D eigenvalue weighted by molar-refractivity contribution is 0.632. The minimum atomic E-state index is -0.210. The van der Waals surface area contributed by atoms with Crippen molar-refractivity contribution in [3.63, 3.8) is 0 Å². The average molecular weight is 502 g/mol. The van der Waals surface area contributed by atoms with Gasteiger partial charge in [0.2, 0.25) is 0 Å². The average Bonchev–Trinajstić information content (AvgIpc) is 3.36. The highest BCUT2D eigenvalue weighted by Gasteiger charge is 2.38. The lowest BCUT2D eigenvalue weighted by Crippen LogP contribution is -2.30. The molecule has 4 nitrogen and oxygen atoms in total. The highest BCUT2D eigenvalue weighted by atomic mass is 16.3. The van der Waals surface area contributed by atoms with E-state index in [0.29, 0.717) is 22.3 Å². The zero-order chi connectivity index (χ0) is 26.7. The van der Waals surface area contributed by atoms with Crippen molar-refractivity contribution in [1.29, 1.82) is 10.5 Å². The molecule has 0 bridgehead atoms. The number of hydrogen-bond donors (Lipinski definition) is 0. The van der Waals surface area contributed by atoms with Crippen LogP contribution in [0.3, 0.4) is 0 Å². The molecule has 0 fully saturated rings. The smallest absolute Gasteiger partial charge is 0.136 e. The molecule has 1 aliphatic heterocycles. The van der Waals surface area contributed by atoms with Crippen LogP contribution in [0.15, 0.2) is 108 Å². The monoisotopic (exact) mass is 501 g/mol. The standard InChI is InChI=1S/C35H23N3O/c1-35(2)25-13-4-6-15-27(25)38(28-16-7-5-14-26(28)35)29-18-19-31-33(24-12-3-8-17-30(24)39-31)34(29)32-22(20-36)10-9-11-23(32)21-37/h3-19H,1-2H3. The van der Waals surface area contributed by atoms with Gasteiger partial charge in [-0.1, -0.05) is 74.5 Å². The van der Waals surface area contributed by atoms with Gasteiger partial charge in [0.25, 0.3) is 0 Å². The summed E-state index contributed by atoms with van der Waals surface area (Å²) in [5, 5.41) is 22.3. The summed E-state index contributed by atoms with van der Waals surface area (Å²) < 4.78 is 6.29. The van der Waals surface area contributed by atoms with Gasteiger partial charge in [-0.3, -0.25) is 0 Å². The maximum atomic E-state index is 10.2. The summed E-state index contributed by atoms with van der Waals surface area (Å²) >= 11 is 0. The number of nitriles is 2. The van der Waals surface area contributed by atoms with Crippen LogP contribution < -0.4 is 4.90 Å². The van der Waals surface area contributed by atoms with Gasteiger partial charge >= 0.3 is 0 Å². The van der Waals surface area contributed by atoms with Crippen molar-refractivity contribution in [3.8, 4) is 23.3 Å². The molecule has 5 aromatic carbocycles. The second-order valence-corrected chi connectivity index (χ2v) is 10.4. The van der Waals surface area contributed by atoms with Gasteiger partial charge in [-0.15, -0.1) is 0 Å². The van der Waals surface area contributed by atoms with Crippen molar-refractivity contribution in [2.45, 2.75) is 19.3 Å². The number of anilines is 3. The summed E-state index contributed by atoms with van der Waals surface area (Å²) in [6, 6.07) is 39.0. The molecular formula is C35H23N3O. The molecule has 0 radical (unpaired) electrons. The molecule has 1 aliphatic rings. The van der Waals surface area contributed by atoms with Crippen LogP contribution in [-0.4, -0.2) is 0 Å². The van der Waals surface area contributed by atoms with E-state index >= 15 is 0 Å². The zero-order valence-corrected chi connectivity index (χ0v) is 21.6. The molecule has 0 amide bonds. The Labute approximate surface area is 226 Å². The molecule has 6 aromatic rings. The minimum Gasteiger partial charge on any atom is -0.456 e. The van der Waals surface area contributed by atoms with Crippen LogP contribution in [0.2, 0.25) is 0 Å². The van der Waals surface area contributed by atoms with E-state index in [9.17, 15) is 10.5 Å². The van der Waals surface area contributed by atoms with E-state index in [1.165, 1.54) is 11.1 Å². The van der Waals surface area contributed by atoms with Crippen LogP contribution in [0.4, 0.5) is 17.1 Å². The van der Waals surface area contributed by atoms with Gasteiger partial charge in [-0.25, -0.2) is 0 Å². The number of fused-ring (bicyclic) bond motifs is 5. The molecular weight excluding hydrogens is 478 g/mol. The highest BCUT2D eigenvalue weighted by Crippen LogP contribution is 2.55. The fraction of sp³-hybridized carbons (Fsp3) is 0.0857. The van der Waals surface area contributed by atoms with Crippen molar-refractivity contribution in [2.24, 2.45) is 0 Å². The number of rotatable bonds is 2. The maximum Gasteiger partial charge on any atom is 0.136 e. The second kappa shape index (κ2) is 8.35. The Kier molecular flexibility index (Phi) is 4.89. The van der Waals surface area contributed by atoms with Crippen molar-refractivity contribution in [1.82, 2.24) is 0 Å². The van der Waals surface area contributed by atoms with E-state index in [-0.39, 0.29) is 5.41 Å². The normalized spacial score (nSPS) is 13.5. The summed E-state index contributed by atoms with van der Waals surface area (Å²) in [6.45, 7) is 4.52. The molecule has 7 rings (SSSR count). The number of hydrogen-bond acceptors (Lipinski definition) is 4. The Hall–Kier alpha value is -5.32. The topological polar surface area (TPSA) is 64.0 Å². The summed E-state index contributed by atoms with van der Waals surface area (Å²) in [5.74, 6) is 0. The molecule has 184 valence electrons. The van der Waals surface area contributed by atoms with Gasteiger partial charge in [0, 0.05) is 27.3 Å². The predicted molar refractivity (Wildman–Crippen MR) is 155 cm³/mol. The van der Waals surface area contributed by atoms with Gasteiger partial charge < -0.3 is 9.32 Å². The lowest BCUT2D eigenvalue weighted by Gasteiger charge is -2.42. The predicted octanol–water partition coefficient (Wildman–Crippen LogP) is 9.11. The number of para-hydroxylation sites is 3. The van der Waals surface area contributed by atoms with Crippen LogP contribution in [0.1, 0.15) is 36.1 Å². The number of furan rings is 1. The fourth-order valence-corrected chi connectivity index (χ4v) is 6.18. The van der Waals surface area contributed by atoms with Crippen LogP contribution in [-0.2, 0) is 5.41 Å². The quantitative estimate of drug-likeness (QED) is 0.237. The first-order chi connectivity index (χ1) is 19.0. The molecule has 0 atom stereocenters. The Morgan fingerprint density at radius 1 is 0.590 bits per heavy atom. The zero-order valence-electron chi connectivity index (χ0n) is 21.6. The summed E-state index contributed by atoms with van der Waals surface area (Å²) in [5.41, 5.74) is 9.06. The molecule has 2 heterocycles. The van der Waals surface area contributed by atoms with Crippen molar-refractivity contribution in [2.75, 3.05) is 4.90 Å². The van der Waals surface area contributed by atoms with Crippen LogP contribution in [0.25, 0.3) is 33.1 Å². The van der Waals surface area contributed by atoms with Crippen LogP contribution in [0.5, 0.6) is 0 Å². The molecule has 0 spiro atoms. The Balaban J connectivity index is 1.69. The first kappa shape index (κ1) is 22.8. The lowest BCUT2D eigenvalue weighted by atomic mass is 9.73. The maximum absolute atomic E-state index is 10.2. The highest BCUT2D eigenvalue weighted by molar-refractivity contribution is 6.17. The number of nitrogens with zero attached hydrogens (tertiary/aromatic N) is 3. The van der Waals surface area contributed by atoms with E-state index < -0.39 is 0 Å². The first-order valence-electron chi connectivity index (χ1n) is 12.9.